The highest BCUT2D eigenvalue weighted by Gasteiger charge is 2.24. The molecule has 2 rings (SSSR count). The highest BCUT2D eigenvalue weighted by atomic mass is 32.2. The minimum Gasteiger partial charge on any atom is -0.346 e. The van der Waals surface area contributed by atoms with Crippen LogP contribution in [0.1, 0.15) is 38.3 Å². The number of rotatable bonds is 5. The van der Waals surface area contributed by atoms with Gasteiger partial charge in [-0.1, -0.05) is 27.7 Å². The summed E-state index contributed by atoms with van der Waals surface area (Å²) in [5, 5.41) is 6.13. The third-order valence-electron chi connectivity index (χ3n) is 3.41. The van der Waals surface area contributed by atoms with Gasteiger partial charge in [-0.2, -0.15) is 11.8 Å². The smallest absolute Gasteiger partial charge is 0.185 e. The summed E-state index contributed by atoms with van der Waals surface area (Å²) in [4.78, 5) is 8.65. The largest absolute Gasteiger partial charge is 0.346 e. The van der Waals surface area contributed by atoms with Crippen molar-refractivity contribution in [3.63, 3.8) is 0 Å². The predicted molar refractivity (Wildman–Crippen MR) is 92.1 cm³/mol. The summed E-state index contributed by atoms with van der Waals surface area (Å²) in [6.45, 7) is 15.5. The van der Waals surface area contributed by atoms with Crippen molar-refractivity contribution in [1.29, 1.82) is 0 Å². The Kier molecular flexibility index (Phi) is 5.75. The number of aromatic nitrogens is 1. The quantitative estimate of drug-likeness (QED) is 0.900. The third kappa shape index (κ3) is 4.37. The van der Waals surface area contributed by atoms with Crippen LogP contribution in [0.2, 0.25) is 0 Å². The lowest BCUT2D eigenvalue weighted by molar-refractivity contribution is 0.554. The zero-order chi connectivity index (χ0) is 14.7. The molecular formula is C15H27N3S2. The van der Waals surface area contributed by atoms with Gasteiger partial charge in [0.15, 0.2) is 5.13 Å². The van der Waals surface area contributed by atoms with Crippen LogP contribution in [-0.2, 0) is 6.54 Å². The molecule has 0 bridgehead atoms. The normalized spacial score (nSPS) is 23.6. The first-order valence-corrected chi connectivity index (χ1v) is 9.29. The summed E-state index contributed by atoms with van der Waals surface area (Å²) in [5.41, 5.74) is 1.19. The van der Waals surface area contributed by atoms with E-state index in [-0.39, 0.29) is 0 Å². The number of nitrogens with one attached hydrogen (secondary N) is 1. The number of thiazole rings is 1. The molecule has 1 fully saturated rings. The summed E-state index contributed by atoms with van der Waals surface area (Å²) >= 11 is 3.96. The number of thioether (sulfide) groups is 1. The van der Waals surface area contributed by atoms with E-state index >= 15 is 0 Å². The molecule has 1 aromatic heterocycles. The molecule has 1 aromatic rings. The maximum atomic E-state index is 4.80. The minimum absolute atomic E-state index is 0.698. The van der Waals surface area contributed by atoms with Gasteiger partial charge in [0.2, 0.25) is 0 Å². The first-order valence-electron chi connectivity index (χ1n) is 7.53. The molecule has 0 aromatic carbocycles. The van der Waals surface area contributed by atoms with Crippen LogP contribution in [0, 0.1) is 12.8 Å². The molecule has 0 aliphatic carbocycles. The molecule has 0 radical (unpaired) electrons. The summed E-state index contributed by atoms with van der Waals surface area (Å²) < 4.78 is 0. The van der Waals surface area contributed by atoms with Gasteiger partial charge in [0.25, 0.3) is 0 Å². The second-order valence-electron chi connectivity index (χ2n) is 6.19. The van der Waals surface area contributed by atoms with E-state index in [1.165, 1.54) is 15.7 Å². The van der Waals surface area contributed by atoms with Crippen LogP contribution in [0.25, 0.3) is 0 Å². The van der Waals surface area contributed by atoms with Crippen molar-refractivity contribution in [1.82, 2.24) is 10.3 Å². The molecule has 20 heavy (non-hydrogen) atoms. The van der Waals surface area contributed by atoms with Crippen molar-refractivity contribution in [2.24, 2.45) is 5.92 Å². The van der Waals surface area contributed by atoms with Crippen molar-refractivity contribution in [2.45, 2.75) is 51.7 Å². The van der Waals surface area contributed by atoms with Gasteiger partial charge >= 0.3 is 0 Å². The SMILES string of the molecule is Cc1nc(N2CC(C)SC(C)C2)sc1CNCC(C)C. The Hall–Kier alpha value is -0.260. The van der Waals surface area contributed by atoms with Crippen LogP contribution in [0.3, 0.4) is 0 Å². The number of hydrogen-bond acceptors (Lipinski definition) is 5. The Labute approximate surface area is 131 Å². The van der Waals surface area contributed by atoms with Gasteiger partial charge in [0.05, 0.1) is 5.69 Å². The second-order valence-corrected chi connectivity index (χ2v) is 9.14. The van der Waals surface area contributed by atoms with Gasteiger partial charge in [0, 0.05) is 35.0 Å². The fraction of sp³-hybridized carbons (Fsp3) is 0.800. The third-order valence-corrected chi connectivity index (χ3v) is 5.86. The van der Waals surface area contributed by atoms with Crippen molar-refractivity contribution in [2.75, 3.05) is 24.5 Å². The maximum absolute atomic E-state index is 4.80. The van der Waals surface area contributed by atoms with E-state index in [1.54, 1.807) is 0 Å². The Balaban J connectivity index is 1.99. The molecule has 1 aliphatic heterocycles. The highest BCUT2D eigenvalue weighted by molar-refractivity contribution is 8.00. The van der Waals surface area contributed by atoms with E-state index < -0.39 is 0 Å². The molecule has 5 heteroatoms. The summed E-state index contributed by atoms with van der Waals surface area (Å²) in [7, 11) is 0. The molecule has 2 heterocycles. The highest BCUT2D eigenvalue weighted by Crippen LogP contribution is 2.32. The van der Waals surface area contributed by atoms with Crippen LogP contribution < -0.4 is 10.2 Å². The average Bonchev–Trinajstić information content (AvgIpc) is 2.69. The molecule has 3 nitrogen and oxygen atoms in total. The van der Waals surface area contributed by atoms with Gasteiger partial charge < -0.3 is 10.2 Å². The molecular weight excluding hydrogens is 286 g/mol. The Morgan fingerprint density at radius 3 is 2.55 bits per heavy atom. The molecule has 1 aliphatic rings. The van der Waals surface area contributed by atoms with Crippen LogP contribution in [0.4, 0.5) is 5.13 Å². The van der Waals surface area contributed by atoms with Gasteiger partial charge in [-0.25, -0.2) is 4.98 Å². The van der Waals surface area contributed by atoms with Crippen molar-refractivity contribution in [3.05, 3.63) is 10.6 Å². The van der Waals surface area contributed by atoms with Crippen LogP contribution in [-0.4, -0.2) is 35.1 Å². The number of nitrogens with zero attached hydrogens (tertiary/aromatic N) is 2. The summed E-state index contributed by atoms with van der Waals surface area (Å²) in [6, 6.07) is 0. The molecule has 2 atom stereocenters. The predicted octanol–water partition coefficient (Wildman–Crippen LogP) is 3.53. The lowest BCUT2D eigenvalue weighted by atomic mass is 10.2. The van der Waals surface area contributed by atoms with Crippen molar-refractivity contribution in [3.8, 4) is 0 Å². The standard InChI is InChI=1S/C15H27N3S2/c1-10(2)6-16-7-14-13(5)17-15(20-14)18-8-11(3)19-12(4)9-18/h10-12,16H,6-9H2,1-5H3. The Morgan fingerprint density at radius 1 is 1.30 bits per heavy atom. The van der Waals surface area contributed by atoms with Gasteiger partial charge in [-0.15, -0.1) is 11.3 Å². The molecule has 1 N–H and O–H groups in total. The van der Waals surface area contributed by atoms with E-state index in [0.717, 1.165) is 26.2 Å². The summed E-state index contributed by atoms with van der Waals surface area (Å²) in [6.07, 6.45) is 0. The summed E-state index contributed by atoms with van der Waals surface area (Å²) in [5.74, 6) is 0.698. The average molecular weight is 314 g/mol. The van der Waals surface area contributed by atoms with Gasteiger partial charge in [0.1, 0.15) is 0 Å². The van der Waals surface area contributed by atoms with E-state index in [4.69, 9.17) is 4.98 Å². The number of anilines is 1. The molecule has 0 amide bonds. The molecule has 0 spiro atoms. The molecule has 0 saturated carbocycles. The minimum atomic E-state index is 0.698. The van der Waals surface area contributed by atoms with Crippen LogP contribution in [0.5, 0.6) is 0 Å². The zero-order valence-electron chi connectivity index (χ0n) is 13.3. The second kappa shape index (κ2) is 7.14. The van der Waals surface area contributed by atoms with Gasteiger partial charge in [-0.05, 0) is 19.4 Å². The zero-order valence-corrected chi connectivity index (χ0v) is 14.9. The molecule has 1 saturated heterocycles. The fourth-order valence-electron chi connectivity index (χ4n) is 2.52. The number of hydrogen-bond donors (Lipinski definition) is 1. The lowest BCUT2D eigenvalue weighted by Crippen LogP contribution is -2.40. The molecule has 2 unspecified atom stereocenters. The van der Waals surface area contributed by atoms with Gasteiger partial charge in [-0.3, -0.25) is 0 Å². The monoisotopic (exact) mass is 313 g/mol. The Morgan fingerprint density at radius 2 is 1.95 bits per heavy atom. The number of aryl methyl sites for hydroxylation is 1. The van der Waals surface area contributed by atoms with E-state index in [2.05, 4.69) is 56.6 Å². The first-order chi connectivity index (χ1) is 9.45. The van der Waals surface area contributed by atoms with Crippen molar-refractivity contribution < 1.29 is 0 Å². The van der Waals surface area contributed by atoms with E-state index in [1.807, 2.05) is 11.3 Å². The van der Waals surface area contributed by atoms with Crippen molar-refractivity contribution >= 4 is 28.2 Å². The van der Waals surface area contributed by atoms with Crippen LogP contribution >= 0.6 is 23.1 Å². The Bertz CT molecular complexity index is 421. The maximum Gasteiger partial charge on any atom is 0.185 e. The fourth-order valence-corrected chi connectivity index (χ4v) is 4.89. The first kappa shape index (κ1) is 16.1. The lowest BCUT2D eigenvalue weighted by Gasteiger charge is -2.34. The topological polar surface area (TPSA) is 28.2 Å². The van der Waals surface area contributed by atoms with Crippen LogP contribution in [0.15, 0.2) is 0 Å². The van der Waals surface area contributed by atoms with E-state index in [0.29, 0.717) is 16.4 Å². The molecule has 114 valence electrons. The van der Waals surface area contributed by atoms with E-state index in [9.17, 15) is 0 Å².